The van der Waals surface area contributed by atoms with Crippen LogP contribution in [0.15, 0.2) is 65.7 Å². The fraction of sp³-hybridized carbons (Fsp3) is 0.105. The average Bonchev–Trinajstić information content (AvgIpc) is 2.55. The summed E-state index contributed by atoms with van der Waals surface area (Å²) in [5, 5.41) is 2.51. The maximum absolute atomic E-state index is 4.69. The van der Waals surface area contributed by atoms with Gasteiger partial charge >= 0.3 is 0 Å². The molecule has 0 saturated carbocycles. The highest BCUT2D eigenvalue weighted by molar-refractivity contribution is 14.1. The number of aliphatic imine (C=N–C) groups is 1. The van der Waals surface area contributed by atoms with Gasteiger partial charge < -0.3 is 0 Å². The number of halogens is 1. The van der Waals surface area contributed by atoms with E-state index in [1.165, 1.54) is 25.5 Å². The Bertz CT molecular complexity index is 834. The predicted octanol–water partition coefficient (Wildman–Crippen LogP) is 5.68. The molecular weight excluding hydrogens is 369 g/mol. The number of hydrogen-bond acceptors (Lipinski definition) is 1. The van der Waals surface area contributed by atoms with Crippen molar-refractivity contribution >= 4 is 45.3 Å². The normalized spacial score (nSPS) is 16.9. The van der Waals surface area contributed by atoms with Crippen molar-refractivity contribution in [1.29, 1.82) is 0 Å². The Hall–Kier alpha value is -1.68. The van der Waals surface area contributed by atoms with Gasteiger partial charge in [0.2, 0.25) is 0 Å². The minimum absolute atomic E-state index is 0.416. The molecule has 0 N–H and O–H groups in total. The third kappa shape index (κ3) is 2.27. The van der Waals surface area contributed by atoms with Gasteiger partial charge in [-0.2, -0.15) is 0 Å². The second kappa shape index (κ2) is 5.26. The maximum atomic E-state index is 4.69. The van der Waals surface area contributed by atoms with Crippen molar-refractivity contribution in [2.24, 2.45) is 4.99 Å². The summed E-state index contributed by atoms with van der Waals surface area (Å²) in [6.45, 7) is 0. The highest BCUT2D eigenvalue weighted by Crippen LogP contribution is 2.41. The average molecular weight is 383 g/mol. The van der Waals surface area contributed by atoms with Gasteiger partial charge in [-0.1, -0.05) is 48.5 Å². The molecule has 1 unspecified atom stereocenters. The quantitative estimate of drug-likeness (QED) is 0.480. The minimum Gasteiger partial charge on any atom is -0.260 e. The van der Waals surface area contributed by atoms with E-state index in [4.69, 9.17) is 0 Å². The van der Waals surface area contributed by atoms with Gasteiger partial charge in [-0.3, -0.25) is 4.99 Å². The first-order valence-electron chi connectivity index (χ1n) is 7.12. The maximum Gasteiger partial charge on any atom is 0.0742 e. The summed E-state index contributed by atoms with van der Waals surface area (Å²) in [5.74, 6) is 0.416. The number of fused-ring (bicyclic) bond motifs is 3. The van der Waals surface area contributed by atoms with Gasteiger partial charge in [0.25, 0.3) is 0 Å². The Morgan fingerprint density at radius 2 is 1.71 bits per heavy atom. The van der Waals surface area contributed by atoms with Crippen molar-refractivity contribution in [2.45, 2.75) is 12.3 Å². The zero-order chi connectivity index (χ0) is 14.2. The van der Waals surface area contributed by atoms with Crippen molar-refractivity contribution in [3.05, 3.63) is 75.4 Å². The van der Waals surface area contributed by atoms with Crippen LogP contribution in [0, 0.1) is 3.57 Å². The topological polar surface area (TPSA) is 12.4 Å². The van der Waals surface area contributed by atoms with Crippen molar-refractivity contribution in [3.8, 4) is 0 Å². The lowest BCUT2D eigenvalue weighted by molar-refractivity contribution is 0.853. The van der Waals surface area contributed by atoms with Crippen LogP contribution in [0.4, 0.5) is 5.69 Å². The van der Waals surface area contributed by atoms with Crippen LogP contribution in [-0.2, 0) is 0 Å². The summed E-state index contributed by atoms with van der Waals surface area (Å²) in [7, 11) is 0. The summed E-state index contributed by atoms with van der Waals surface area (Å²) in [6.07, 6.45) is 3.04. The molecule has 2 heteroatoms. The molecular formula is C19H14IN. The van der Waals surface area contributed by atoms with Crippen molar-refractivity contribution in [2.75, 3.05) is 0 Å². The lowest BCUT2D eigenvalue weighted by Gasteiger charge is -2.22. The van der Waals surface area contributed by atoms with Crippen LogP contribution >= 0.6 is 22.6 Å². The van der Waals surface area contributed by atoms with Crippen LogP contribution in [0.2, 0.25) is 0 Å². The summed E-state index contributed by atoms with van der Waals surface area (Å²) < 4.78 is 1.28. The van der Waals surface area contributed by atoms with E-state index in [2.05, 4.69) is 94.5 Å². The van der Waals surface area contributed by atoms with Crippen molar-refractivity contribution in [1.82, 2.24) is 0 Å². The van der Waals surface area contributed by atoms with Crippen LogP contribution in [-0.4, -0.2) is 6.21 Å². The van der Waals surface area contributed by atoms with Gasteiger partial charge in [0, 0.05) is 21.1 Å². The third-order valence-corrected chi connectivity index (χ3v) is 4.86. The summed E-state index contributed by atoms with van der Waals surface area (Å²) in [6, 6.07) is 21.8. The molecule has 0 spiro atoms. The predicted molar refractivity (Wildman–Crippen MR) is 97.7 cm³/mol. The molecule has 0 amide bonds. The van der Waals surface area contributed by atoms with E-state index < -0.39 is 0 Å². The molecule has 1 aliphatic heterocycles. The zero-order valence-corrected chi connectivity index (χ0v) is 13.6. The number of hydrogen-bond donors (Lipinski definition) is 0. The van der Waals surface area contributed by atoms with Gasteiger partial charge in [-0.25, -0.2) is 0 Å². The Labute approximate surface area is 137 Å². The fourth-order valence-electron chi connectivity index (χ4n) is 3.08. The second-order valence-corrected chi connectivity index (χ2v) is 6.62. The van der Waals surface area contributed by atoms with Gasteiger partial charge in [0.15, 0.2) is 0 Å². The molecule has 21 heavy (non-hydrogen) atoms. The highest BCUT2D eigenvalue weighted by atomic mass is 127. The van der Waals surface area contributed by atoms with E-state index in [1.54, 1.807) is 0 Å². The largest absolute Gasteiger partial charge is 0.260 e. The van der Waals surface area contributed by atoms with Crippen molar-refractivity contribution < 1.29 is 0 Å². The number of rotatable bonds is 1. The van der Waals surface area contributed by atoms with E-state index in [0.717, 1.165) is 12.1 Å². The first-order chi connectivity index (χ1) is 10.3. The first kappa shape index (κ1) is 13.0. The van der Waals surface area contributed by atoms with Crippen LogP contribution in [0.1, 0.15) is 23.5 Å². The third-order valence-electron chi connectivity index (χ3n) is 4.14. The van der Waals surface area contributed by atoms with Crippen LogP contribution in [0.3, 0.4) is 0 Å². The number of benzene rings is 3. The lowest BCUT2D eigenvalue weighted by Crippen LogP contribution is -2.06. The van der Waals surface area contributed by atoms with E-state index in [9.17, 15) is 0 Å². The van der Waals surface area contributed by atoms with Crippen LogP contribution < -0.4 is 0 Å². The fourth-order valence-corrected chi connectivity index (χ4v) is 3.44. The summed E-state index contributed by atoms with van der Waals surface area (Å²) in [5.41, 5.74) is 3.86. The highest BCUT2D eigenvalue weighted by Gasteiger charge is 2.21. The SMILES string of the molecule is Ic1ccc(C2CC=Nc3c2ccc2ccccc32)cc1. The van der Waals surface area contributed by atoms with Crippen LogP contribution in [0.25, 0.3) is 10.8 Å². The molecule has 1 heterocycles. The van der Waals surface area contributed by atoms with Gasteiger partial charge in [-0.15, -0.1) is 0 Å². The smallest absolute Gasteiger partial charge is 0.0742 e. The van der Waals surface area contributed by atoms with Gasteiger partial charge in [-0.05, 0) is 57.7 Å². The molecule has 0 fully saturated rings. The van der Waals surface area contributed by atoms with Crippen molar-refractivity contribution in [3.63, 3.8) is 0 Å². The number of nitrogens with zero attached hydrogens (tertiary/aromatic N) is 1. The van der Waals surface area contributed by atoms with E-state index in [-0.39, 0.29) is 0 Å². The first-order valence-corrected chi connectivity index (χ1v) is 8.20. The molecule has 3 aromatic carbocycles. The molecule has 4 rings (SSSR count). The molecule has 0 aliphatic carbocycles. The van der Waals surface area contributed by atoms with E-state index in [1.807, 2.05) is 0 Å². The Balaban J connectivity index is 1.90. The minimum atomic E-state index is 0.416. The molecule has 1 aliphatic rings. The molecule has 1 atom stereocenters. The zero-order valence-electron chi connectivity index (χ0n) is 11.5. The monoisotopic (exact) mass is 383 g/mol. The Morgan fingerprint density at radius 3 is 2.57 bits per heavy atom. The lowest BCUT2D eigenvalue weighted by atomic mass is 9.85. The molecule has 0 saturated heterocycles. The summed E-state index contributed by atoms with van der Waals surface area (Å²) >= 11 is 2.35. The summed E-state index contributed by atoms with van der Waals surface area (Å²) in [4.78, 5) is 4.69. The van der Waals surface area contributed by atoms with Gasteiger partial charge in [0.05, 0.1) is 5.69 Å². The molecule has 0 aromatic heterocycles. The molecule has 102 valence electrons. The van der Waals surface area contributed by atoms with Gasteiger partial charge in [0.1, 0.15) is 0 Å². The second-order valence-electron chi connectivity index (χ2n) is 5.38. The molecule has 1 nitrogen and oxygen atoms in total. The molecule has 0 bridgehead atoms. The Kier molecular flexibility index (Phi) is 3.26. The molecule has 3 aromatic rings. The molecule has 0 radical (unpaired) electrons. The van der Waals surface area contributed by atoms with E-state index >= 15 is 0 Å². The standard InChI is InChI=1S/C19H14IN/c20-15-8-5-14(6-9-15)16-11-12-21-19-17-4-2-1-3-13(17)7-10-18(16)19/h1-10,12,16H,11H2. The van der Waals surface area contributed by atoms with E-state index in [0.29, 0.717) is 5.92 Å². The Morgan fingerprint density at radius 1 is 0.905 bits per heavy atom. The van der Waals surface area contributed by atoms with Crippen LogP contribution in [0.5, 0.6) is 0 Å².